The van der Waals surface area contributed by atoms with E-state index in [0.29, 0.717) is 11.3 Å². The van der Waals surface area contributed by atoms with E-state index in [9.17, 15) is 4.79 Å². The Bertz CT molecular complexity index is 887. The number of hydrogen-bond acceptors (Lipinski definition) is 5. The van der Waals surface area contributed by atoms with Crippen LogP contribution in [0.3, 0.4) is 0 Å². The highest BCUT2D eigenvalue weighted by molar-refractivity contribution is 8.14. The molecule has 1 fully saturated rings. The molecule has 0 bridgehead atoms. The maximum Gasteiger partial charge on any atom is 0.266 e. The molecule has 1 atom stereocenters. The van der Waals surface area contributed by atoms with Gasteiger partial charge in [-0.25, -0.2) is 4.99 Å². The minimum absolute atomic E-state index is 0.0597. The molecule has 138 valence electrons. The van der Waals surface area contributed by atoms with Crippen LogP contribution < -0.4 is 4.74 Å². The Morgan fingerprint density at radius 3 is 2.78 bits per heavy atom. The fourth-order valence-electron chi connectivity index (χ4n) is 2.82. The van der Waals surface area contributed by atoms with Crippen molar-refractivity contribution in [1.29, 1.82) is 5.26 Å². The molecule has 1 aliphatic rings. The van der Waals surface area contributed by atoms with Crippen molar-refractivity contribution in [3.63, 3.8) is 0 Å². The van der Waals surface area contributed by atoms with Crippen LogP contribution in [0.25, 0.3) is 0 Å². The number of benzene rings is 2. The zero-order valence-corrected chi connectivity index (χ0v) is 16.2. The van der Waals surface area contributed by atoms with Crippen LogP contribution in [-0.2, 0) is 4.79 Å². The summed E-state index contributed by atoms with van der Waals surface area (Å²) in [6.45, 7) is 4.03. The Hall–Kier alpha value is -2.78. The first-order valence-corrected chi connectivity index (χ1v) is 9.82. The smallest absolute Gasteiger partial charge is 0.266 e. The third-order valence-electron chi connectivity index (χ3n) is 4.29. The average Bonchev–Trinajstić information content (AvgIpc) is 3.09. The summed E-state index contributed by atoms with van der Waals surface area (Å²) in [5, 5.41) is 9.57. The standard InChI is InChI=1S/C21H21N3O2S/c1-3-18-14-27-21(23-17-6-4-5-15(2)11-17)24(18)20(25)13-26-19-9-7-16(12-22)8-10-19/h4-11,18H,3,13-14H2,1-2H3/t18-/m1/s1. The molecule has 3 rings (SSSR count). The van der Waals surface area contributed by atoms with E-state index in [4.69, 9.17) is 15.0 Å². The molecule has 0 unspecified atom stereocenters. The third-order valence-corrected chi connectivity index (χ3v) is 5.39. The Kier molecular flexibility index (Phi) is 6.15. The molecule has 1 aliphatic heterocycles. The minimum atomic E-state index is -0.109. The molecule has 6 heteroatoms. The number of amidine groups is 1. The highest BCUT2D eigenvalue weighted by atomic mass is 32.2. The first-order valence-electron chi connectivity index (χ1n) is 8.84. The number of carbonyl (C=O) groups is 1. The van der Waals surface area contributed by atoms with Crippen LogP contribution in [0.1, 0.15) is 24.5 Å². The molecule has 2 aromatic carbocycles. The summed E-state index contributed by atoms with van der Waals surface area (Å²) in [7, 11) is 0. The van der Waals surface area contributed by atoms with Gasteiger partial charge in [-0.1, -0.05) is 30.8 Å². The molecule has 1 saturated heterocycles. The molecule has 5 nitrogen and oxygen atoms in total. The maximum atomic E-state index is 12.8. The number of amides is 1. The van der Waals surface area contributed by atoms with Gasteiger partial charge < -0.3 is 4.74 Å². The van der Waals surface area contributed by atoms with Gasteiger partial charge in [0.15, 0.2) is 11.8 Å². The molecule has 0 spiro atoms. The van der Waals surface area contributed by atoms with Gasteiger partial charge in [0.2, 0.25) is 0 Å². The van der Waals surface area contributed by atoms with Crippen LogP contribution >= 0.6 is 11.8 Å². The highest BCUT2D eigenvalue weighted by Crippen LogP contribution is 2.29. The number of rotatable bonds is 5. The number of aliphatic imine (C=N–C) groups is 1. The molecule has 0 aliphatic carbocycles. The number of aryl methyl sites for hydroxylation is 1. The number of hydrogen-bond donors (Lipinski definition) is 0. The zero-order chi connectivity index (χ0) is 19.2. The lowest BCUT2D eigenvalue weighted by Gasteiger charge is -2.23. The molecule has 2 aromatic rings. The van der Waals surface area contributed by atoms with E-state index in [1.165, 1.54) is 0 Å². The average molecular weight is 379 g/mol. The van der Waals surface area contributed by atoms with Gasteiger partial charge >= 0.3 is 0 Å². The van der Waals surface area contributed by atoms with Crippen molar-refractivity contribution >= 4 is 28.5 Å². The summed E-state index contributed by atoms with van der Waals surface area (Å²) in [5.74, 6) is 1.30. The summed E-state index contributed by atoms with van der Waals surface area (Å²) >= 11 is 1.60. The van der Waals surface area contributed by atoms with Gasteiger partial charge in [0.25, 0.3) is 5.91 Å². The topological polar surface area (TPSA) is 65.7 Å². The van der Waals surface area contributed by atoms with Crippen molar-refractivity contribution in [3.05, 3.63) is 59.7 Å². The molecule has 0 N–H and O–H groups in total. The highest BCUT2D eigenvalue weighted by Gasteiger charge is 2.34. The molecule has 1 amide bonds. The van der Waals surface area contributed by atoms with Crippen molar-refractivity contribution in [1.82, 2.24) is 4.90 Å². The Morgan fingerprint density at radius 2 is 2.11 bits per heavy atom. The largest absolute Gasteiger partial charge is 0.484 e. The summed E-state index contributed by atoms with van der Waals surface area (Å²) < 4.78 is 5.63. The van der Waals surface area contributed by atoms with Gasteiger partial charge in [-0.2, -0.15) is 5.26 Å². The van der Waals surface area contributed by atoms with E-state index in [0.717, 1.165) is 28.6 Å². The summed E-state index contributed by atoms with van der Waals surface area (Å²) in [6, 6.07) is 16.9. The van der Waals surface area contributed by atoms with E-state index >= 15 is 0 Å². The van der Waals surface area contributed by atoms with Crippen LogP contribution in [-0.4, -0.2) is 34.4 Å². The molecule has 0 aromatic heterocycles. The van der Waals surface area contributed by atoms with E-state index in [1.807, 2.05) is 31.2 Å². The van der Waals surface area contributed by atoms with Crippen LogP contribution in [0.4, 0.5) is 5.69 Å². The van der Waals surface area contributed by atoms with Crippen molar-refractivity contribution < 1.29 is 9.53 Å². The predicted molar refractivity (Wildman–Crippen MR) is 108 cm³/mol. The van der Waals surface area contributed by atoms with Gasteiger partial charge in [-0.3, -0.25) is 9.69 Å². The second-order valence-electron chi connectivity index (χ2n) is 6.30. The van der Waals surface area contributed by atoms with Crippen LogP contribution in [0.5, 0.6) is 5.75 Å². The first kappa shape index (κ1) is 19.0. The van der Waals surface area contributed by atoms with Gasteiger partial charge in [0.05, 0.1) is 17.3 Å². The monoisotopic (exact) mass is 379 g/mol. The summed E-state index contributed by atoms with van der Waals surface area (Å²) in [4.78, 5) is 19.3. The van der Waals surface area contributed by atoms with Crippen molar-refractivity contribution in [2.24, 2.45) is 4.99 Å². The van der Waals surface area contributed by atoms with E-state index < -0.39 is 0 Å². The number of nitrogens with zero attached hydrogens (tertiary/aromatic N) is 3. The number of nitriles is 1. The fraction of sp³-hybridized carbons (Fsp3) is 0.286. The molecule has 0 saturated carbocycles. The van der Waals surface area contributed by atoms with Gasteiger partial charge in [0, 0.05) is 11.8 Å². The zero-order valence-electron chi connectivity index (χ0n) is 15.4. The quantitative estimate of drug-likeness (QED) is 0.777. The number of thioether (sulfide) groups is 1. The predicted octanol–water partition coefficient (Wildman–Crippen LogP) is 4.29. The SMILES string of the molecule is CC[C@@H]1CSC(=Nc2cccc(C)c2)N1C(=O)COc1ccc(C#N)cc1. The molecular weight excluding hydrogens is 358 g/mol. The van der Waals surface area contributed by atoms with Crippen LogP contribution in [0.15, 0.2) is 53.5 Å². The number of ether oxygens (including phenoxy) is 1. The maximum absolute atomic E-state index is 12.8. The normalized spacial score (nSPS) is 17.7. The van der Waals surface area contributed by atoms with Gasteiger partial charge in [-0.15, -0.1) is 0 Å². The van der Waals surface area contributed by atoms with E-state index in [2.05, 4.69) is 13.0 Å². The van der Waals surface area contributed by atoms with Gasteiger partial charge in [-0.05, 0) is 55.3 Å². The lowest BCUT2D eigenvalue weighted by atomic mass is 10.2. The summed E-state index contributed by atoms with van der Waals surface area (Å²) in [6.07, 6.45) is 0.864. The van der Waals surface area contributed by atoms with E-state index in [1.54, 1.807) is 40.9 Å². The van der Waals surface area contributed by atoms with Gasteiger partial charge in [0.1, 0.15) is 5.75 Å². The van der Waals surface area contributed by atoms with Crippen molar-refractivity contribution in [2.45, 2.75) is 26.3 Å². The second kappa shape index (κ2) is 8.74. The summed E-state index contributed by atoms with van der Waals surface area (Å²) in [5.41, 5.74) is 2.54. The molecule has 27 heavy (non-hydrogen) atoms. The first-order chi connectivity index (χ1) is 13.1. The second-order valence-corrected chi connectivity index (χ2v) is 7.28. The number of carbonyl (C=O) groups excluding carboxylic acids is 1. The lowest BCUT2D eigenvalue weighted by Crippen LogP contribution is -2.41. The van der Waals surface area contributed by atoms with Crippen molar-refractivity contribution in [3.8, 4) is 11.8 Å². The van der Waals surface area contributed by atoms with Crippen LogP contribution in [0, 0.1) is 18.3 Å². The Balaban J connectivity index is 1.73. The Labute approximate surface area is 163 Å². The van der Waals surface area contributed by atoms with E-state index in [-0.39, 0.29) is 18.6 Å². The fourth-order valence-corrected chi connectivity index (χ4v) is 4.10. The Morgan fingerprint density at radius 1 is 1.33 bits per heavy atom. The molecular formula is C21H21N3O2S. The lowest BCUT2D eigenvalue weighted by molar-refractivity contribution is -0.130. The third kappa shape index (κ3) is 4.69. The van der Waals surface area contributed by atoms with Crippen LogP contribution in [0.2, 0.25) is 0 Å². The molecule has 1 heterocycles. The minimum Gasteiger partial charge on any atom is -0.484 e. The van der Waals surface area contributed by atoms with Crippen molar-refractivity contribution in [2.75, 3.05) is 12.4 Å². The molecule has 0 radical (unpaired) electrons.